The third kappa shape index (κ3) is 4.04. The molecule has 34 heavy (non-hydrogen) atoms. The van der Waals surface area contributed by atoms with Gasteiger partial charge >= 0.3 is 5.69 Å². The number of aromatic nitrogens is 3. The number of hydrogen-bond donors (Lipinski definition) is 0. The van der Waals surface area contributed by atoms with Gasteiger partial charge in [0, 0.05) is 25.4 Å². The Hall–Kier alpha value is -4.02. The number of hydrogen-bond acceptors (Lipinski definition) is 7. The van der Waals surface area contributed by atoms with Crippen molar-refractivity contribution in [1.29, 1.82) is 0 Å². The SMILES string of the molecule is Cc1ccc(Oc2c(F)cc(COc3cc4n(c(=O)n3)CC3CN(C)C(=O)CN43)cc2F)cn1. The number of rotatable bonds is 5. The van der Waals surface area contributed by atoms with Crippen LogP contribution in [0.5, 0.6) is 17.4 Å². The van der Waals surface area contributed by atoms with E-state index < -0.39 is 23.1 Å². The van der Waals surface area contributed by atoms with Gasteiger partial charge in [-0.1, -0.05) is 0 Å². The van der Waals surface area contributed by atoms with Crippen molar-refractivity contribution < 1.29 is 23.0 Å². The topological polar surface area (TPSA) is 89.8 Å². The Morgan fingerprint density at radius 3 is 2.59 bits per heavy atom. The zero-order valence-electron chi connectivity index (χ0n) is 18.5. The molecule has 2 aromatic heterocycles. The first kappa shape index (κ1) is 21.8. The van der Waals surface area contributed by atoms with E-state index in [2.05, 4.69) is 9.97 Å². The van der Waals surface area contributed by atoms with Crippen LogP contribution in [0.3, 0.4) is 0 Å². The van der Waals surface area contributed by atoms with Gasteiger partial charge in [0.25, 0.3) is 0 Å². The van der Waals surface area contributed by atoms with Crippen LogP contribution in [0.15, 0.2) is 41.3 Å². The molecule has 0 aliphatic carbocycles. The van der Waals surface area contributed by atoms with Gasteiger partial charge in [0.2, 0.25) is 11.8 Å². The molecule has 2 aliphatic rings. The summed E-state index contributed by atoms with van der Waals surface area (Å²) in [5, 5.41) is 0. The Bertz CT molecular complexity index is 1300. The number of fused-ring (bicyclic) bond motifs is 3. The van der Waals surface area contributed by atoms with E-state index in [-0.39, 0.29) is 42.3 Å². The van der Waals surface area contributed by atoms with E-state index in [1.807, 2.05) is 4.90 Å². The molecule has 1 atom stereocenters. The van der Waals surface area contributed by atoms with Crippen LogP contribution >= 0.6 is 0 Å². The monoisotopic (exact) mass is 469 g/mol. The largest absolute Gasteiger partial charge is 0.473 e. The predicted molar refractivity (Wildman–Crippen MR) is 117 cm³/mol. The molecule has 2 aliphatic heterocycles. The highest BCUT2D eigenvalue weighted by Crippen LogP contribution is 2.31. The molecule has 0 spiro atoms. The Balaban J connectivity index is 1.32. The van der Waals surface area contributed by atoms with Gasteiger partial charge in [0.15, 0.2) is 17.4 Å². The maximum Gasteiger partial charge on any atom is 0.352 e. The van der Waals surface area contributed by atoms with E-state index in [1.54, 1.807) is 37.1 Å². The summed E-state index contributed by atoms with van der Waals surface area (Å²) in [7, 11) is 1.73. The lowest BCUT2D eigenvalue weighted by Gasteiger charge is -2.35. The molecular weight excluding hydrogens is 448 g/mol. The predicted octanol–water partition coefficient (Wildman–Crippen LogP) is 2.26. The summed E-state index contributed by atoms with van der Waals surface area (Å²) in [4.78, 5) is 36.1. The van der Waals surface area contributed by atoms with Crippen LogP contribution in [0.25, 0.3) is 0 Å². The van der Waals surface area contributed by atoms with E-state index in [0.29, 0.717) is 18.9 Å². The third-order valence-electron chi connectivity index (χ3n) is 5.86. The smallest absolute Gasteiger partial charge is 0.352 e. The second kappa shape index (κ2) is 8.40. The Morgan fingerprint density at radius 2 is 1.88 bits per heavy atom. The fraction of sp³-hybridized carbons (Fsp3) is 0.304. The van der Waals surface area contributed by atoms with Crippen molar-refractivity contribution in [1.82, 2.24) is 19.4 Å². The van der Waals surface area contributed by atoms with Crippen LogP contribution in [0.1, 0.15) is 11.3 Å². The lowest BCUT2D eigenvalue weighted by Crippen LogP contribution is -2.53. The second-order valence-electron chi connectivity index (χ2n) is 8.32. The first-order valence-corrected chi connectivity index (χ1v) is 10.6. The highest BCUT2D eigenvalue weighted by Gasteiger charge is 2.37. The third-order valence-corrected chi connectivity index (χ3v) is 5.86. The fourth-order valence-corrected chi connectivity index (χ4v) is 4.09. The number of piperazine rings is 1. The molecule has 0 radical (unpaired) electrons. The number of benzene rings is 1. The molecule has 176 valence electrons. The van der Waals surface area contributed by atoms with Gasteiger partial charge in [-0.2, -0.15) is 4.98 Å². The van der Waals surface area contributed by atoms with E-state index >= 15 is 0 Å². The van der Waals surface area contributed by atoms with Crippen LogP contribution in [0.4, 0.5) is 14.6 Å². The number of aryl methyl sites for hydroxylation is 1. The maximum absolute atomic E-state index is 14.5. The minimum absolute atomic E-state index is 0.00940. The number of ether oxygens (including phenoxy) is 2. The first-order chi connectivity index (χ1) is 16.3. The zero-order chi connectivity index (χ0) is 24.0. The van der Waals surface area contributed by atoms with Gasteiger partial charge in [-0.05, 0) is 36.8 Å². The van der Waals surface area contributed by atoms with Crippen molar-refractivity contribution in [2.45, 2.75) is 26.1 Å². The summed E-state index contributed by atoms with van der Waals surface area (Å²) in [5.74, 6) is -1.65. The van der Waals surface area contributed by atoms with Crippen molar-refractivity contribution >= 4 is 11.7 Å². The minimum Gasteiger partial charge on any atom is -0.473 e. The number of pyridine rings is 1. The van der Waals surface area contributed by atoms with Crippen molar-refractivity contribution in [3.63, 3.8) is 0 Å². The summed E-state index contributed by atoms with van der Waals surface area (Å²) in [6.45, 7) is 2.64. The number of anilines is 1. The summed E-state index contributed by atoms with van der Waals surface area (Å²) in [5.41, 5.74) is 0.430. The van der Waals surface area contributed by atoms with Gasteiger partial charge < -0.3 is 19.3 Å². The molecule has 11 heteroatoms. The summed E-state index contributed by atoms with van der Waals surface area (Å²) >= 11 is 0. The molecule has 1 saturated heterocycles. The minimum atomic E-state index is -0.903. The molecule has 5 rings (SSSR count). The highest BCUT2D eigenvalue weighted by molar-refractivity contribution is 5.83. The number of nitrogens with zero attached hydrogens (tertiary/aromatic N) is 5. The molecule has 0 saturated carbocycles. The normalized spacial score (nSPS) is 16.9. The lowest BCUT2D eigenvalue weighted by molar-refractivity contribution is -0.130. The first-order valence-electron chi connectivity index (χ1n) is 10.6. The summed E-state index contributed by atoms with van der Waals surface area (Å²) in [6, 6.07) is 6.96. The van der Waals surface area contributed by atoms with Crippen LogP contribution in [-0.2, 0) is 17.9 Å². The number of halogens is 2. The molecule has 1 fully saturated rings. The average Bonchev–Trinajstić information content (AvgIpc) is 3.14. The molecule has 9 nitrogen and oxygen atoms in total. The van der Waals surface area contributed by atoms with Gasteiger partial charge in [-0.25, -0.2) is 13.6 Å². The molecule has 3 aromatic rings. The van der Waals surface area contributed by atoms with Crippen LogP contribution < -0.4 is 20.1 Å². The zero-order valence-corrected chi connectivity index (χ0v) is 18.5. The molecule has 1 unspecified atom stereocenters. The highest BCUT2D eigenvalue weighted by atomic mass is 19.1. The number of likely N-dealkylation sites (N-methyl/N-ethyl adjacent to an activating group) is 1. The molecular formula is C23H21F2N5O4. The number of amides is 1. The van der Waals surface area contributed by atoms with Gasteiger partial charge in [0.05, 0.1) is 25.3 Å². The summed E-state index contributed by atoms with van der Waals surface area (Å²) < 4.78 is 41.5. The number of carbonyl (C=O) groups excluding carboxylic acids is 1. The van der Waals surface area contributed by atoms with E-state index in [9.17, 15) is 18.4 Å². The second-order valence-corrected chi connectivity index (χ2v) is 8.32. The van der Waals surface area contributed by atoms with Crippen molar-refractivity contribution in [2.24, 2.45) is 0 Å². The molecule has 1 amide bonds. The van der Waals surface area contributed by atoms with Crippen LogP contribution in [0, 0.1) is 18.6 Å². The molecule has 1 aromatic carbocycles. The Kier molecular flexibility index (Phi) is 5.39. The Morgan fingerprint density at radius 1 is 1.12 bits per heavy atom. The molecule has 0 bridgehead atoms. The van der Waals surface area contributed by atoms with E-state index in [1.165, 1.54) is 10.8 Å². The molecule has 4 heterocycles. The van der Waals surface area contributed by atoms with Crippen molar-refractivity contribution in [2.75, 3.05) is 25.0 Å². The van der Waals surface area contributed by atoms with Crippen LogP contribution in [-0.4, -0.2) is 51.5 Å². The fourth-order valence-electron chi connectivity index (χ4n) is 4.09. The van der Waals surface area contributed by atoms with Gasteiger partial charge in [-0.3, -0.25) is 14.3 Å². The van der Waals surface area contributed by atoms with E-state index in [4.69, 9.17) is 9.47 Å². The maximum atomic E-state index is 14.5. The number of carbonyl (C=O) groups is 1. The summed E-state index contributed by atoms with van der Waals surface area (Å²) in [6.07, 6.45) is 1.38. The van der Waals surface area contributed by atoms with Gasteiger partial charge in [-0.15, -0.1) is 0 Å². The average molecular weight is 469 g/mol. The van der Waals surface area contributed by atoms with E-state index in [0.717, 1.165) is 17.8 Å². The standard InChI is InChI=1S/C23H21F2N5O4/c1-13-3-4-16(8-26-13)34-22-17(24)5-14(6-18(22)25)12-33-19-7-20-29-11-21(31)28(2)9-15(29)10-30(20)23(32)27-19/h3-8,15H,9-12H2,1-2H3. The molecule has 0 N–H and O–H groups in total. The van der Waals surface area contributed by atoms with Gasteiger partial charge in [0.1, 0.15) is 18.2 Å². The van der Waals surface area contributed by atoms with Crippen molar-refractivity contribution in [3.8, 4) is 17.4 Å². The quantitative estimate of drug-likeness (QED) is 0.566. The van der Waals surface area contributed by atoms with Crippen LogP contribution in [0.2, 0.25) is 0 Å². The Labute approximate surface area is 193 Å². The lowest BCUT2D eigenvalue weighted by atomic mass is 10.2. The van der Waals surface area contributed by atoms with Crippen molar-refractivity contribution in [3.05, 3.63) is 69.9 Å².